The lowest BCUT2D eigenvalue weighted by atomic mass is 9.81. The zero-order chi connectivity index (χ0) is 13.2. The van der Waals surface area contributed by atoms with E-state index < -0.39 is 10.8 Å². The Morgan fingerprint density at radius 2 is 1.95 bits per heavy atom. The molecule has 0 spiro atoms. The van der Waals surface area contributed by atoms with E-state index >= 15 is 0 Å². The maximum absolute atomic E-state index is 12.6. The molecule has 2 nitrogen and oxygen atoms in total. The molecule has 5 atom stereocenters. The van der Waals surface area contributed by atoms with E-state index in [2.05, 4.69) is 42.6 Å². The van der Waals surface area contributed by atoms with Crippen molar-refractivity contribution in [3.8, 4) is 0 Å². The van der Waals surface area contributed by atoms with Crippen LogP contribution in [0.5, 0.6) is 0 Å². The summed E-state index contributed by atoms with van der Waals surface area (Å²) in [5.41, 5.74) is 1.43. The van der Waals surface area contributed by atoms with Crippen LogP contribution < -0.4 is 5.32 Å². The van der Waals surface area contributed by atoms with Crippen molar-refractivity contribution < 1.29 is 4.21 Å². The Balaban J connectivity index is 1.78. The quantitative estimate of drug-likeness (QED) is 0.855. The monoisotopic (exact) mass is 277 g/mol. The Bertz CT molecular complexity index is 447. The van der Waals surface area contributed by atoms with Gasteiger partial charge in [-0.05, 0) is 43.7 Å². The molecule has 1 aromatic rings. The standard InChI is InChI=1S/C16H23NOS/c1-12-9-10-17-15-8-7-14(11-16(15)19(12)18)13-5-3-2-4-6-13/h2-6,12,14-17H,7-11H2,1H3. The van der Waals surface area contributed by atoms with E-state index in [4.69, 9.17) is 0 Å². The van der Waals surface area contributed by atoms with Gasteiger partial charge in [0, 0.05) is 22.1 Å². The van der Waals surface area contributed by atoms with Crippen molar-refractivity contribution >= 4 is 10.8 Å². The van der Waals surface area contributed by atoms with Gasteiger partial charge in [0.05, 0.1) is 5.25 Å². The van der Waals surface area contributed by atoms with Gasteiger partial charge in [-0.1, -0.05) is 37.3 Å². The lowest BCUT2D eigenvalue weighted by Gasteiger charge is -2.35. The Morgan fingerprint density at radius 3 is 2.74 bits per heavy atom. The van der Waals surface area contributed by atoms with Gasteiger partial charge in [-0.3, -0.25) is 4.21 Å². The number of rotatable bonds is 1. The van der Waals surface area contributed by atoms with Crippen molar-refractivity contribution in [2.24, 2.45) is 0 Å². The summed E-state index contributed by atoms with van der Waals surface area (Å²) in [7, 11) is -0.676. The number of hydrogen-bond acceptors (Lipinski definition) is 2. The topological polar surface area (TPSA) is 29.1 Å². The Labute approximate surface area is 118 Å². The average Bonchev–Trinajstić information content (AvgIpc) is 2.60. The van der Waals surface area contributed by atoms with Crippen LogP contribution in [-0.2, 0) is 10.8 Å². The number of fused-ring (bicyclic) bond motifs is 1. The van der Waals surface area contributed by atoms with Crippen LogP contribution >= 0.6 is 0 Å². The van der Waals surface area contributed by atoms with Crippen LogP contribution in [0.1, 0.15) is 44.1 Å². The minimum Gasteiger partial charge on any atom is -0.313 e. The SMILES string of the molecule is CC1CCNC2CCC(c3ccccc3)CC2S1=O. The molecule has 1 saturated heterocycles. The summed E-state index contributed by atoms with van der Waals surface area (Å²) in [6.45, 7) is 3.18. The minimum atomic E-state index is -0.676. The van der Waals surface area contributed by atoms with Gasteiger partial charge in [0.25, 0.3) is 0 Å². The normalized spacial score (nSPS) is 39.3. The molecule has 1 aliphatic carbocycles. The third-order valence-electron chi connectivity index (χ3n) is 4.72. The third kappa shape index (κ3) is 2.77. The molecule has 0 amide bonds. The fourth-order valence-electron chi connectivity index (χ4n) is 3.53. The maximum atomic E-state index is 12.6. The summed E-state index contributed by atoms with van der Waals surface area (Å²) in [5.74, 6) is 0.596. The van der Waals surface area contributed by atoms with Gasteiger partial charge >= 0.3 is 0 Å². The molecular weight excluding hydrogens is 254 g/mol. The molecule has 104 valence electrons. The maximum Gasteiger partial charge on any atom is 0.0509 e. The molecule has 0 radical (unpaired) electrons. The van der Waals surface area contributed by atoms with Crippen LogP contribution in [0.4, 0.5) is 0 Å². The molecule has 0 aromatic heterocycles. The van der Waals surface area contributed by atoms with Gasteiger partial charge in [-0.2, -0.15) is 0 Å². The first-order valence-corrected chi connectivity index (χ1v) is 8.71. The molecule has 1 N–H and O–H groups in total. The van der Waals surface area contributed by atoms with Crippen molar-refractivity contribution in [1.82, 2.24) is 5.32 Å². The highest BCUT2D eigenvalue weighted by atomic mass is 32.2. The van der Waals surface area contributed by atoms with Crippen LogP contribution in [0.3, 0.4) is 0 Å². The van der Waals surface area contributed by atoms with Crippen molar-refractivity contribution in [3.63, 3.8) is 0 Å². The molecule has 1 aromatic carbocycles. The van der Waals surface area contributed by atoms with Gasteiger partial charge in [0.2, 0.25) is 0 Å². The zero-order valence-corrected chi connectivity index (χ0v) is 12.4. The zero-order valence-electron chi connectivity index (χ0n) is 11.5. The minimum absolute atomic E-state index is 0.344. The van der Waals surface area contributed by atoms with E-state index in [1.54, 1.807) is 0 Å². The van der Waals surface area contributed by atoms with Crippen LogP contribution in [-0.4, -0.2) is 27.3 Å². The largest absolute Gasteiger partial charge is 0.313 e. The van der Waals surface area contributed by atoms with Gasteiger partial charge in [-0.25, -0.2) is 0 Å². The second-order valence-corrected chi connectivity index (χ2v) is 8.01. The van der Waals surface area contributed by atoms with Gasteiger partial charge < -0.3 is 5.32 Å². The highest BCUT2D eigenvalue weighted by Crippen LogP contribution is 2.37. The molecule has 3 rings (SSSR count). The van der Waals surface area contributed by atoms with Gasteiger partial charge in [0.1, 0.15) is 0 Å². The molecule has 2 fully saturated rings. The molecular formula is C16H23NOS. The second kappa shape index (κ2) is 5.76. The summed E-state index contributed by atoms with van der Waals surface area (Å²) < 4.78 is 12.6. The average molecular weight is 277 g/mol. The molecule has 5 unspecified atom stereocenters. The smallest absolute Gasteiger partial charge is 0.0509 e. The highest BCUT2D eigenvalue weighted by molar-refractivity contribution is 7.86. The summed E-state index contributed by atoms with van der Waals surface area (Å²) in [4.78, 5) is 0. The van der Waals surface area contributed by atoms with E-state index in [0.717, 1.165) is 19.4 Å². The molecule has 19 heavy (non-hydrogen) atoms. The lowest BCUT2D eigenvalue weighted by molar-refractivity contribution is 0.355. The first kappa shape index (κ1) is 13.3. The number of nitrogens with one attached hydrogen (secondary N) is 1. The summed E-state index contributed by atoms with van der Waals surface area (Å²) >= 11 is 0. The van der Waals surface area contributed by atoms with E-state index in [1.165, 1.54) is 18.4 Å². The predicted molar refractivity (Wildman–Crippen MR) is 80.8 cm³/mol. The molecule has 2 aliphatic rings. The number of benzene rings is 1. The molecule has 1 aliphatic heterocycles. The van der Waals surface area contributed by atoms with Crippen molar-refractivity contribution in [2.45, 2.75) is 55.1 Å². The Hall–Kier alpha value is -0.670. The second-order valence-electron chi connectivity index (χ2n) is 5.95. The van der Waals surface area contributed by atoms with Crippen molar-refractivity contribution in [2.75, 3.05) is 6.54 Å². The van der Waals surface area contributed by atoms with Crippen LogP contribution in [0.2, 0.25) is 0 Å². The van der Waals surface area contributed by atoms with Gasteiger partial charge in [-0.15, -0.1) is 0 Å². The fourth-order valence-corrected chi connectivity index (χ4v) is 5.46. The van der Waals surface area contributed by atoms with Crippen LogP contribution in [0, 0.1) is 0 Å². The predicted octanol–water partition coefficient (Wildman–Crippen LogP) is 2.82. The van der Waals surface area contributed by atoms with E-state index in [1.807, 2.05) is 0 Å². The lowest BCUT2D eigenvalue weighted by Crippen LogP contribution is -2.44. The first-order valence-electron chi connectivity index (χ1n) is 7.43. The summed E-state index contributed by atoms with van der Waals surface area (Å²) in [6, 6.07) is 11.2. The molecule has 1 saturated carbocycles. The van der Waals surface area contributed by atoms with Crippen LogP contribution in [0.15, 0.2) is 30.3 Å². The van der Waals surface area contributed by atoms with Crippen LogP contribution in [0.25, 0.3) is 0 Å². The van der Waals surface area contributed by atoms with Gasteiger partial charge in [0.15, 0.2) is 0 Å². The van der Waals surface area contributed by atoms with Crippen molar-refractivity contribution in [1.29, 1.82) is 0 Å². The Morgan fingerprint density at radius 1 is 1.16 bits per heavy atom. The van der Waals surface area contributed by atoms with E-state index in [0.29, 0.717) is 22.5 Å². The molecule has 1 heterocycles. The molecule has 3 heteroatoms. The summed E-state index contributed by atoms with van der Waals surface area (Å²) in [5, 5.41) is 4.31. The van der Waals surface area contributed by atoms with Crippen molar-refractivity contribution in [3.05, 3.63) is 35.9 Å². The molecule has 0 bridgehead atoms. The summed E-state index contributed by atoms with van der Waals surface area (Å²) in [6.07, 6.45) is 4.53. The third-order valence-corrected chi connectivity index (χ3v) is 6.86. The number of hydrogen-bond donors (Lipinski definition) is 1. The Kier molecular flexibility index (Phi) is 4.04. The fraction of sp³-hybridized carbons (Fsp3) is 0.625. The first-order chi connectivity index (χ1) is 9.25. The highest BCUT2D eigenvalue weighted by Gasteiger charge is 2.37. The van der Waals surface area contributed by atoms with E-state index in [9.17, 15) is 4.21 Å². The van der Waals surface area contributed by atoms with E-state index in [-0.39, 0.29) is 0 Å².